The Balaban J connectivity index is 2.40. The Hall–Kier alpha value is -0.670. The van der Waals surface area contributed by atoms with E-state index in [4.69, 9.17) is 5.73 Å². The van der Waals surface area contributed by atoms with E-state index >= 15 is 0 Å². The van der Waals surface area contributed by atoms with Crippen LogP contribution in [0.2, 0.25) is 0 Å². The molecule has 0 saturated heterocycles. The van der Waals surface area contributed by atoms with E-state index in [9.17, 15) is 0 Å². The van der Waals surface area contributed by atoms with Gasteiger partial charge >= 0.3 is 0 Å². The highest BCUT2D eigenvalue weighted by Gasteiger charge is 1.84. The number of nitrogens with two attached hydrogens (primary N) is 1. The molecule has 2 N–H and O–H groups in total. The molecule has 1 aromatic heterocycles. The van der Waals surface area contributed by atoms with E-state index in [2.05, 4.69) is 4.98 Å². The molecular formula is C7H10N2S. The van der Waals surface area contributed by atoms with Gasteiger partial charge in [0.1, 0.15) is 5.01 Å². The summed E-state index contributed by atoms with van der Waals surface area (Å²) in [5.41, 5.74) is 5.30. The zero-order valence-electron chi connectivity index (χ0n) is 5.66. The van der Waals surface area contributed by atoms with Crippen LogP contribution >= 0.6 is 11.3 Å². The van der Waals surface area contributed by atoms with E-state index in [-0.39, 0.29) is 0 Å². The second-order valence-corrected chi connectivity index (χ2v) is 2.78. The molecule has 0 atom stereocenters. The van der Waals surface area contributed by atoms with Crippen molar-refractivity contribution in [3.8, 4) is 0 Å². The lowest BCUT2D eigenvalue weighted by molar-refractivity contribution is 1.01. The predicted octanol–water partition coefficient (Wildman–Crippen LogP) is 1.51. The molecule has 0 aliphatic heterocycles. The first kappa shape index (κ1) is 7.44. The molecule has 1 heterocycles. The zero-order chi connectivity index (χ0) is 7.23. The summed E-state index contributed by atoms with van der Waals surface area (Å²) in [5, 5.41) is 3.01. The molecule has 0 aromatic carbocycles. The summed E-state index contributed by atoms with van der Waals surface area (Å²) in [6.45, 7) is 0.710. The second kappa shape index (κ2) is 4.19. The lowest BCUT2D eigenvalue weighted by Gasteiger charge is -1.82. The lowest BCUT2D eigenvalue weighted by atomic mass is 10.4. The molecule has 0 aliphatic carbocycles. The smallest absolute Gasteiger partial charge is 0.115 e. The molecule has 0 aliphatic rings. The molecule has 0 spiro atoms. The van der Waals surface area contributed by atoms with Gasteiger partial charge in [-0.25, -0.2) is 4.98 Å². The van der Waals surface area contributed by atoms with Crippen LogP contribution in [0.5, 0.6) is 0 Å². The van der Waals surface area contributed by atoms with Gasteiger partial charge in [0.15, 0.2) is 0 Å². The van der Waals surface area contributed by atoms with Crippen LogP contribution < -0.4 is 5.73 Å². The molecule has 54 valence electrons. The van der Waals surface area contributed by atoms with Crippen LogP contribution in [-0.2, 0) is 0 Å². The van der Waals surface area contributed by atoms with Gasteiger partial charge in [-0.3, -0.25) is 0 Å². The number of aromatic nitrogens is 1. The Morgan fingerprint density at radius 2 is 2.60 bits per heavy atom. The number of thiazole rings is 1. The molecule has 0 saturated carbocycles. The second-order valence-electron chi connectivity index (χ2n) is 1.85. The topological polar surface area (TPSA) is 38.9 Å². The molecule has 0 radical (unpaired) electrons. The summed E-state index contributed by atoms with van der Waals surface area (Å²) in [6.07, 6.45) is 6.77. The third-order valence-corrected chi connectivity index (χ3v) is 1.79. The Morgan fingerprint density at radius 3 is 3.20 bits per heavy atom. The molecule has 0 fully saturated rings. The first-order valence-electron chi connectivity index (χ1n) is 3.19. The Labute approximate surface area is 64.4 Å². The predicted molar refractivity (Wildman–Crippen MR) is 44.8 cm³/mol. The maximum Gasteiger partial charge on any atom is 0.115 e. The first-order valence-corrected chi connectivity index (χ1v) is 4.07. The van der Waals surface area contributed by atoms with Crippen molar-refractivity contribution >= 4 is 17.4 Å². The van der Waals surface area contributed by atoms with Crippen LogP contribution in [0.15, 0.2) is 17.7 Å². The summed E-state index contributed by atoms with van der Waals surface area (Å²) in [7, 11) is 0. The maximum atomic E-state index is 5.30. The highest BCUT2D eigenvalue weighted by Crippen LogP contribution is 2.05. The summed E-state index contributed by atoms with van der Waals surface area (Å²) < 4.78 is 0. The van der Waals surface area contributed by atoms with Gasteiger partial charge in [0.2, 0.25) is 0 Å². The monoisotopic (exact) mass is 154 g/mol. The largest absolute Gasteiger partial charge is 0.330 e. The summed E-state index contributed by atoms with van der Waals surface area (Å²) in [4.78, 5) is 4.08. The van der Waals surface area contributed by atoms with E-state index in [0.717, 1.165) is 11.4 Å². The van der Waals surface area contributed by atoms with Gasteiger partial charge in [-0.05, 0) is 19.0 Å². The molecular weight excluding hydrogens is 144 g/mol. The summed E-state index contributed by atoms with van der Waals surface area (Å²) in [5.74, 6) is 0. The highest BCUT2D eigenvalue weighted by molar-refractivity contribution is 7.10. The SMILES string of the molecule is NCCC=Cc1nccs1. The van der Waals surface area contributed by atoms with E-state index < -0.39 is 0 Å². The van der Waals surface area contributed by atoms with Crippen molar-refractivity contribution in [2.24, 2.45) is 5.73 Å². The first-order chi connectivity index (χ1) is 4.93. The van der Waals surface area contributed by atoms with Crippen molar-refractivity contribution in [2.45, 2.75) is 6.42 Å². The minimum Gasteiger partial charge on any atom is -0.330 e. The van der Waals surface area contributed by atoms with Crippen LogP contribution in [0.25, 0.3) is 6.08 Å². The van der Waals surface area contributed by atoms with Crippen LogP contribution in [0.1, 0.15) is 11.4 Å². The average Bonchev–Trinajstić information content (AvgIpc) is 2.41. The lowest BCUT2D eigenvalue weighted by Crippen LogP contribution is -1.94. The van der Waals surface area contributed by atoms with Gasteiger partial charge in [-0.2, -0.15) is 0 Å². The summed E-state index contributed by atoms with van der Waals surface area (Å²) in [6, 6.07) is 0. The zero-order valence-corrected chi connectivity index (χ0v) is 6.47. The van der Waals surface area contributed by atoms with Crippen molar-refractivity contribution in [3.05, 3.63) is 22.7 Å². The van der Waals surface area contributed by atoms with E-state index in [0.29, 0.717) is 6.54 Å². The fourth-order valence-corrected chi connectivity index (χ4v) is 1.15. The molecule has 0 bridgehead atoms. The standard InChI is InChI=1S/C7H10N2S/c8-4-2-1-3-7-9-5-6-10-7/h1,3,5-6H,2,4,8H2. The summed E-state index contributed by atoms with van der Waals surface area (Å²) >= 11 is 1.63. The van der Waals surface area contributed by atoms with Gasteiger partial charge in [0.25, 0.3) is 0 Å². The van der Waals surface area contributed by atoms with Crippen LogP contribution in [0, 0.1) is 0 Å². The van der Waals surface area contributed by atoms with Crippen molar-refractivity contribution in [1.82, 2.24) is 4.98 Å². The van der Waals surface area contributed by atoms with Crippen LogP contribution in [0.4, 0.5) is 0 Å². The third kappa shape index (κ3) is 2.29. The van der Waals surface area contributed by atoms with Crippen LogP contribution in [0.3, 0.4) is 0 Å². The number of hydrogen-bond acceptors (Lipinski definition) is 3. The number of hydrogen-bond donors (Lipinski definition) is 1. The normalized spacial score (nSPS) is 10.9. The fourth-order valence-electron chi connectivity index (χ4n) is 0.597. The maximum absolute atomic E-state index is 5.30. The minimum atomic E-state index is 0.710. The number of rotatable bonds is 3. The molecule has 1 rings (SSSR count). The average molecular weight is 154 g/mol. The number of nitrogens with zero attached hydrogens (tertiary/aromatic N) is 1. The van der Waals surface area contributed by atoms with Crippen molar-refractivity contribution in [3.63, 3.8) is 0 Å². The van der Waals surface area contributed by atoms with Gasteiger partial charge in [0.05, 0.1) is 0 Å². The molecule has 1 aromatic rings. The van der Waals surface area contributed by atoms with Gasteiger partial charge in [0, 0.05) is 11.6 Å². The molecule has 0 amide bonds. The quantitative estimate of drug-likeness (QED) is 0.716. The molecule has 3 heteroatoms. The van der Waals surface area contributed by atoms with Gasteiger partial charge in [-0.15, -0.1) is 11.3 Å². The molecule has 0 unspecified atom stereocenters. The van der Waals surface area contributed by atoms with Gasteiger partial charge in [-0.1, -0.05) is 6.08 Å². The Bertz CT molecular complexity index is 191. The Morgan fingerprint density at radius 1 is 1.70 bits per heavy atom. The molecule has 2 nitrogen and oxygen atoms in total. The van der Waals surface area contributed by atoms with Gasteiger partial charge < -0.3 is 5.73 Å². The van der Waals surface area contributed by atoms with Crippen LogP contribution in [-0.4, -0.2) is 11.5 Å². The molecule has 10 heavy (non-hydrogen) atoms. The van der Waals surface area contributed by atoms with Crippen molar-refractivity contribution in [1.29, 1.82) is 0 Å². The third-order valence-electron chi connectivity index (χ3n) is 1.05. The van der Waals surface area contributed by atoms with Crippen molar-refractivity contribution in [2.75, 3.05) is 6.54 Å². The van der Waals surface area contributed by atoms with E-state index in [1.165, 1.54) is 0 Å². The van der Waals surface area contributed by atoms with E-state index in [1.807, 2.05) is 17.5 Å². The van der Waals surface area contributed by atoms with Crippen molar-refractivity contribution < 1.29 is 0 Å². The Kier molecular flexibility index (Phi) is 3.12. The highest BCUT2D eigenvalue weighted by atomic mass is 32.1. The minimum absolute atomic E-state index is 0.710. The van der Waals surface area contributed by atoms with E-state index in [1.54, 1.807) is 17.5 Å². The fraction of sp³-hybridized carbons (Fsp3) is 0.286.